The van der Waals surface area contributed by atoms with Crippen LogP contribution in [0.15, 0.2) is 6.33 Å². The highest BCUT2D eigenvalue weighted by atomic mass is 15.1. The minimum Gasteiger partial charge on any atom is -0.331 e. The van der Waals surface area contributed by atoms with E-state index in [-0.39, 0.29) is 0 Å². The first-order valence-corrected chi connectivity index (χ1v) is 7.65. The molecule has 1 aromatic rings. The zero-order chi connectivity index (χ0) is 12.4. The molecule has 3 nitrogen and oxygen atoms in total. The average Bonchev–Trinajstić information content (AvgIpc) is 2.78. The SMILES string of the molecule is CCCNCC1CCC1n1cnc2c1CCCC2. The fourth-order valence-electron chi connectivity index (χ4n) is 3.40. The van der Waals surface area contributed by atoms with E-state index in [0.29, 0.717) is 0 Å². The highest BCUT2D eigenvalue weighted by molar-refractivity contribution is 5.18. The highest BCUT2D eigenvalue weighted by Crippen LogP contribution is 2.40. The van der Waals surface area contributed by atoms with E-state index in [9.17, 15) is 0 Å². The molecule has 1 fully saturated rings. The maximum Gasteiger partial charge on any atom is 0.0954 e. The van der Waals surface area contributed by atoms with Gasteiger partial charge in [-0.15, -0.1) is 0 Å². The lowest BCUT2D eigenvalue weighted by Gasteiger charge is -2.39. The molecule has 1 saturated carbocycles. The second-order valence-corrected chi connectivity index (χ2v) is 5.86. The van der Waals surface area contributed by atoms with Crippen LogP contribution in [-0.2, 0) is 12.8 Å². The molecule has 1 N–H and O–H groups in total. The number of nitrogens with zero attached hydrogens (tertiary/aromatic N) is 2. The summed E-state index contributed by atoms with van der Waals surface area (Å²) in [6.07, 6.45) is 11.2. The van der Waals surface area contributed by atoms with Crippen molar-refractivity contribution in [2.45, 2.75) is 57.9 Å². The van der Waals surface area contributed by atoms with Crippen LogP contribution in [-0.4, -0.2) is 22.6 Å². The van der Waals surface area contributed by atoms with Crippen LogP contribution in [0.3, 0.4) is 0 Å². The summed E-state index contributed by atoms with van der Waals surface area (Å²) in [4.78, 5) is 4.63. The molecule has 0 spiro atoms. The summed E-state index contributed by atoms with van der Waals surface area (Å²) in [5, 5.41) is 3.58. The number of rotatable bonds is 5. The van der Waals surface area contributed by atoms with E-state index in [1.54, 1.807) is 5.69 Å². The number of imidazole rings is 1. The van der Waals surface area contributed by atoms with Gasteiger partial charge in [0.05, 0.1) is 12.0 Å². The molecule has 0 radical (unpaired) electrons. The summed E-state index contributed by atoms with van der Waals surface area (Å²) in [6.45, 7) is 4.58. The van der Waals surface area contributed by atoms with Crippen molar-refractivity contribution in [2.75, 3.05) is 13.1 Å². The average molecular weight is 247 g/mol. The Morgan fingerprint density at radius 1 is 1.33 bits per heavy atom. The lowest BCUT2D eigenvalue weighted by Crippen LogP contribution is -2.37. The third-order valence-corrected chi connectivity index (χ3v) is 4.63. The Morgan fingerprint density at radius 3 is 3.00 bits per heavy atom. The molecule has 100 valence electrons. The lowest BCUT2D eigenvalue weighted by molar-refractivity contribution is 0.173. The summed E-state index contributed by atoms with van der Waals surface area (Å²) in [5.41, 5.74) is 2.93. The van der Waals surface area contributed by atoms with Gasteiger partial charge in [0.25, 0.3) is 0 Å². The molecule has 3 heteroatoms. The first-order chi connectivity index (χ1) is 8.90. The van der Waals surface area contributed by atoms with Gasteiger partial charge in [0.2, 0.25) is 0 Å². The van der Waals surface area contributed by atoms with E-state index in [0.717, 1.165) is 18.5 Å². The lowest BCUT2D eigenvalue weighted by atomic mass is 9.79. The molecule has 0 bridgehead atoms. The zero-order valence-corrected chi connectivity index (χ0v) is 11.5. The quantitative estimate of drug-likeness (QED) is 0.811. The van der Waals surface area contributed by atoms with E-state index in [1.807, 2.05) is 0 Å². The van der Waals surface area contributed by atoms with Crippen LogP contribution in [0.5, 0.6) is 0 Å². The molecular weight excluding hydrogens is 222 g/mol. The van der Waals surface area contributed by atoms with Crippen LogP contribution in [0.4, 0.5) is 0 Å². The van der Waals surface area contributed by atoms with E-state index in [2.05, 4.69) is 28.1 Å². The number of aryl methyl sites for hydroxylation is 1. The molecule has 0 aromatic carbocycles. The minimum atomic E-state index is 0.726. The van der Waals surface area contributed by atoms with Gasteiger partial charge in [0.15, 0.2) is 0 Å². The first kappa shape index (κ1) is 12.2. The molecule has 0 saturated heterocycles. The number of hydrogen-bond donors (Lipinski definition) is 1. The van der Waals surface area contributed by atoms with Gasteiger partial charge in [-0.25, -0.2) is 4.98 Å². The van der Waals surface area contributed by atoms with E-state index in [1.165, 1.54) is 57.2 Å². The van der Waals surface area contributed by atoms with Crippen molar-refractivity contribution in [1.29, 1.82) is 0 Å². The van der Waals surface area contributed by atoms with Crippen LogP contribution in [0, 0.1) is 5.92 Å². The second-order valence-electron chi connectivity index (χ2n) is 5.86. The van der Waals surface area contributed by atoms with E-state index in [4.69, 9.17) is 0 Å². The topological polar surface area (TPSA) is 29.9 Å². The molecule has 0 amide bonds. The van der Waals surface area contributed by atoms with Gasteiger partial charge in [0.1, 0.15) is 0 Å². The predicted octanol–water partition coefficient (Wildman–Crippen LogP) is 2.71. The van der Waals surface area contributed by atoms with Crippen LogP contribution in [0.1, 0.15) is 56.5 Å². The highest BCUT2D eigenvalue weighted by Gasteiger charge is 2.33. The van der Waals surface area contributed by atoms with Crippen molar-refractivity contribution in [2.24, 2.45) is 5.92 Å². The van der Waals surface area contributed by atoms with Crippen molar-refractivity contribution in [3.05, 3.63) is 17.7 Å². The Kier molecular flexibility index (Phi) is 3.69. The van der Waals surface area contributed by atoms with Gasteiger partial charge in [0, 0.05) is 11.7 Å². The third-order valence-electron chi connectivity index (χ3n) is 4.63. The number of fused-ring (bicyclic) bond motifs is 1. The van der Waals surface area contributed by atoms with Gasteiger partial charge in [-0.05, 0) is 64.0 Å². The van der Waals surface area contributed by atoms with E-state index >= 15 is 0 Å². The molecule has 2 aliphatic rings. The third kappa shape index (κ3) is 2.20. The molecule has 2 aliphatic carbocycles. The summed E-state index contributed by atoms with van der Waals surface area (Å²) < 4.78 is 2.51. The fraction of sp³-hybridized carbons (Fsp3) is 0.800. The number of aromatic nitrogens is 2. The predicted molar refractivity (Wildman–Crippen MR) is 73.8 cm³/mol. The molecule has 18 heavy (non-hydrogen) atoms. The maximum atomic E-state index is 4.63. The van der Waals surface area contributed by atoms with Gasteiger partial charge in [-0.2, -0.15) is 0 Å². The number of nitrogens with one attached hydrogen (secondary N) is 1. The van der Waals surface area contributed by atoms with Gasteiger partial charge in [-0.3, -0.25) is 0 Å². The Morgan fingerprint density at radius 2 is 2.22 bits per heavy atom. The fourth-order valence-corrected chi connectivity index (χ4v) is 3.40. The van der Waals surface area contributed by atoms with Crippen molar-refractivity contribution in [3.63, 3.8) is 0 Å². The standard InChI is InChI=1S/C15H25N3/c1-2-9-16-10-12-7-8-14(12)18-11-17-13-5-3-4-6-15(13)18/h11-12,14,16H,2-10H2,1H3. The Bertz CT molecular complexity index is 396. The second kappa shape index (κ2) is 5.43. The van der Waals surface area contributed by atoms with Crippen LogP contribution >= 0.6 is 0 Å². The van der Waals surface area contributed by atoms with Crippen molar-refractivity contribution in [3.8, 4) is 0 Å². The van der Waals surface area contributed by atoms with E-state index < -0.39 is 0 Å². The number of hydrogen-bond acceptors (Lipinski definition) is 2. The van der Waals surface area contributed by atoms with Crippen molar-refractivity contribution in [1.82, 2.24) is 14.9 Å². The molecule has 1 heterocycles. The van der Waals surface area contributed by atoms with Crippen LogP contribution < -0.4 is 5.32 Å². The molecule has 2 atom stereocenters. The Labute approximate surface area is 110 Å². The molecule has 0 aliphatic heterocycles. The monoisotopic (exact) mass is 247 g/mol. The summed E-state index contributed by atoms with van der Waals surface area (Å²) >= 11 is 0. The largest absolute Gasteiger partial charge is 0.331 e. The smallest absolute Gasteiger partial charge is 0.0954 e. The molecule has 3 rings (SSSR count). The summed E-state index contributed by atoms with van der Waals surface area (Å²) in [6, 6.07) is 0.726. The van der Waals surface area contributed by atoms with Crippen LogP contribution in [0.2, 0.25) is 0 Å². The van der Waals surface area contributed by atoms with Crippen molar-refractivity contribution >= 4 is 0 Å². The molecular formula is C15H25N3. The Hall–Kier alpha value is -0.830. The first-order valence-electron chi connectivity index (χ1n) is 7.65. The zero-order valence-electron chi connectivity index (χ0n) is 11.5. The Balaban J connectivity index is 1.65. The molecule has 1 aromatic heterocycles. The van der Waals surface area contributed by atoms with Gasteiger partial charge >= 0.3 is 0 Å². The summed E-state index contributed by atoms with van der Waals surface area (Å²) in [7, 11) is 0. The molecule has 2 unspecified atom stereocenters. The summed E-state index contributed by atoms with van der Waals surface area (Å²) in [5.74, 6) is 0.830. The van der Waals surface area contributed by atoms with Crippen LogP contribution in [0.25, 0.3) is 0 Å². The van der Waals surface area contributed by atoms with Crippen molar-refractivity contribution < 1.29 is 0 Å². The van der Waals surface area contributed by atoms with Gasteiger partial charge < -0.3 is 9.88 Å². The normalized spacial score (nSPS) is 26.7. The maximum absolute atomic E-state index is 4.63. The minimum absolute atomic E-state index is 0.726. The van der Waals surface area contributed by atoms with Gasteiger partial charge in [-0.1, -0.05) is 6.92 Å².